The Morgan fingerprint density at radius 3 is 2.67 bits per heavy atom. The van der Waals surface area contributed by atoms with Crippen LogP contribution in [-0.2, 0) is 15.6 Å². The zero-order valence-corrected chi connectivity index (χ0v) is 13.9. The van der Waals surface area contributed by atoms with Crippen LogP contribution in [0.4, 0.5) is 0 Å². The molecule has 0 spiro atoms. The van der Waals surface area contributed by atoms with Gasteiger partial charge in [-0.15, -0.1) is 0 Å². The van der Waals surface area contributed by atoms with Crippen LogP contribution in [0.2, 0.25) is 0 Å². The van der Waals surface area contributed by atoms with Crippen molar-refractivity contribution in [2.24, 2.45) is 5.92 Å². The van der Waals surface area contributed by atoms with E-state index in [0.717, 1.165) is 24.0 Å². The number of benzene rings is 1. The largest absolute Gasteiger partial charge is 0.385 e. The molecule has 1 saturated heterocycles. The number of piperidine rings is 1. The minimum absolute atomic E-state index is 0.197. The lowest BCUT2D eigenvalue weighted by Crippen LogP contribution is -2.41. The first kappa shape index (κ1) is 16.5. The van der Waals surface area contributed by atoms with E-state index in [-0.39, 0.29) is 5.92 Å². The zero-order valence-electron chi connectivity index (χ0n) is 13.0. The van der Waals surface area contributed by atoms with Gasteiger partial charge in [-0.3, -0.25) is 0 Å². The number of hydrogen-bond donors (Lipinski definition) is 1. The maximum Gasteiger partial charge on any atom is 0.211 e. The Morgan fingerprint density at radius 2 is 2.05 bits per heavy atom. The number of hydrogen-bond acceptors (Lipinski definition) is 3. The van der Waals surface area contributed by atoms with E-state index in [2.05, 4.69) is 0 Å². The third kappa shape index (κ3) is 4.05. The normalized spacial score (nSPS) is 23.7. The molecule has 0 aliphatic carbocycles. The van der Waals surface area contributed by atoms with E-state index in [1.54, 1.807) is 0 Å². The average Bonchev–Trinajstić information content (AvgIpc) is 2.37. The monoisotopic (exact) mass is 311 g/mol. The summed E-state index contributed by atoms with van der Waals surface area (Å²) in [5.41, 5.74) is 1.08. The molecule has 1 aromatic rings. The van der Waals surface area contributed by atoms with Crippen molar-refractivity contribution < 1.29 is 13.5 Å². The maximum absolute atomic E-state index is 11.7. The molecule has 21 heavy (non-hydrogen) atoms. The van der Waals surface area contributed by atoms with Gasteiger partial charge in [-0.05, 0) is 50.2 Å². The van der Waals surface area contributed by atoms with Gasteiger partial charge >= 0.3 is 0 Å². The second kappa shape index (κ2) is 6.07. The molecule has 0 amide bonds. The van der Waals surface area contributed by atoms with Crippen molar-refractivity contribution in [3.63, 3.8) is 0 Å². The molecule has 2 atom stereocenters. The van der Waals surface area contributed by atoms with E-state index < -0.39 is 15.6 Å². The standard InChI is InChI=1S/C16H25NO3S/c1-13-7-4-5-9-15(13)16(2,18)11-14-8-6-10-17(12-14)21(3,19)20/h4-5,7,9,14,18H,6,8,10-12H2,1-3H3. The summed E-state index contributed by atoms with van der Waals surface area (Å²) in [6.07, 6.45) is 3.67. The lowest BCUT2D eigenvalue weighted by atomic mass is 9.81. The van der Waals surface area contributed by atoms with E-state index in [9.17, 15) is 13.5 Å². The second-order valence-electron chi connectivity index (χ2n) is 6.42. The molecule has 1 N–H and O–H groups in total. The van der Waals surface area contributed by atoms with E-state index in [0.29, 0.717) is 19.5 Å². The van der Waals surface area contributed by atoms with Gasteiger partial charge in [0.2, 0.25) is 10.0 Å². The predicted octanol–water partition coefficient (Wildman–Crippen LogP) is 2.26. The molecular formula is C16H25NO3S. The van der Waals surface area contributed by atoms with E-state index in [1.165, 1.54) is 10.6 Å². The van der Waals surface area contributed by atoms with Crippen LogP contribution in [0, 0.1) is 12.8 Å². The number of aryl methyl sites for hydroxylation is 1. The highest BCUT2D eigenvalue weighted by atomic mass is 32.2. The SMILES string of the molecule is Cc1ccccc1C(C)(O)CC1CCCN(S(C)(=O)=O)C1. The highest BCUT2D eigenvalue weighted by Gasteiger charge is 2.33. The van der Waals surface area contributed by atoms with Crippen LogP contribution in [-0.4, -0.2) is 37.2 Å². The fourth-order valence-electron chi connectivity index (χ4n) is 3.34. The first-order valence-corrected chi connectivity index (χ1v) is 9.28. The van der Waals surface area contributed by atoms with Gasteiger partial charge in [0.15, 0.2) is 0 Å². The summed E-state index contributed by atoms with van der Waals surface area (Å²) >= 11 is 0. The second-order valence-corrected chi connectivity index (χ2v) is 8.40. The molecule has 0 saturated carbocycles. The van der Waals surface area contributed by atoms with E-state index >= 15 is 0 Å². The van der Waals surface area contributed by atoms with Gasteiger partial charge in [0.05, 0.1) is 11.9 Å². The molecule has 5 heteroatoms. The van der Waals surface area contributed by atoms with Gasteiger partial charge in [0.25, 0.3) is 0 Å². The minimum Gasteiger partial charge on any atom is -0.385 e. The van der Waals surface area contributed by atoms with Crippen molar-refractivity contribution in [3.8, 4) is 0 Å². The number of aliphatic hydroxyl groups is 1. The average molecular weight is 311 g/mol. The van der Waals surface area contributed by atoms with Gasteiger partial charge in [0.1, 0.15) is 0 Å². The number of sulfonamides is 1. The van der Waals surface area contributed by atoms with Crippen molar-refractivity contribution >= 4 is 10.0 Å². The lowest BCUT2D eigenvalue weighted by Gasteiger charge is -2.36. The van der Waals surface area contributed by atoms with Gasteiger partial charge < -0.3 is 5.11 Å². The Morgan fingerprint density at radius 1 is 1.38 bits per heavy atom. The fraction of sp³-hybridized carbons (Fsp3) is 0.625. The quantitative estimate of drug-likeness (QED) is 0.928. The van der Waals surface area contributed by atoms with Crippen LogP contribution in [0.1, 0.15) is 37.3 Å². The van der Waals surface area contributed by atoms with E-state index in [1.807, 2.05) is 38.1 Å². The summed E-state index contributed by atoms with van der Waals surface area (Å²) in [6.45, 7) is 4.94. The molecule has 0 bridgehead atoms. The zero-order chi connectivity index (χ0) is 15.7. The first-order valence-electron chi connectivity index (χ1n) is 7.44. The molecule has 1 aromatic carbocycles. The minimum atomic E-state index is -3.14. The highest BCUT2D eigenvalue weighted by molar-refractivity contribution is 7.88. The Balaban J connectivity index is 2.12. The molecule has 0 aromatic heterocycles. The third-order valence-electron chi connectivity index (χ3n) is 4.36. The third-order valence-corrected chi connectivity index (χ3v) is 5.63. The first-order chi connectivity index (χ1) is 9.70. The maximum atomic E-state index is 11.7. The van der Waals surface area contributed by atoms with Crippen LogP contribution in [0.3, 0.4) is 0 Å². The summed E-state index contributed by atoms with van der Waals surface area (Å²) in [5, 5.41) is 10.8. The van der Waals surface area contributed by atoms with E-state index in [4.69, 9.17) is 0 Å². The topological polar surface area (TPSA) is 57.6 Å². The Bertz CT molecular complexity index is 595. The number of rotatable bonds is 4. The fourth-order valence-corrected chi connectivity index (χ4v) is 4.29. The summed E-state index contributed by atoms with van der Waals surface area (Å²) in [5.74, 6) is 0.197. The summed E-state index contributed by atoms with van der Waals surface area (Å²) in [4.78, 5) is 0. The van der Waals surface area contributed by atoms with Crippen LogP contribution in [0.15, 0.2) is 24.3 Å². The molecule has 1 aliphatic heterocycles. The molecule has 2 rings (SSSR count). The Kier molecular flexibility index (Phi) is 4.76. The molecular weight excluding hydrogens is 286 g/mol. The van der Waals surface area contributed by atoms with Crippen LogP contribution in [0.5, 0.6) is 0 Å². The lowest BCUT2D eigenvalue weighted by molar-refractivity contribution is 0.0206. The van der Waals surface area contributed by atoms with Crippen molar-refractivity contribution in [2.75, 3.05) is 19.3 Å². The molecule has 0 radical (unpaired) electrons. The van der Waals surface area contributed by atoms with Gasteiger partial charge in [-0.25, -0.2) is 12.7 Å². The predicted molar refractivity (Wildman–Crippen MR) is 84.5 cm³/mol. The smallest absolute Gasteiger partial charge is 0.211 e. The van der Waals surface area contributed by atoms with Crippen LogP contribution >= 0.6 is 0 Å². The summed E-state index contributed by atoms with van der Waals surface area (Å²) in [7, 11) is -3.14. The molecule has 1 heterocycles. The Hall–Kier alpha value is -0.910. The van der Waals surface area contributed by atoms with Crippen molar-refractivity contribution in [1.82, 2.24) is 4.31 Å². The Labute approximate surface area is 127 Å². The molecule has 1 aliphatic rings. The highest BCUT2D eigenvalue weighted by Crippen LogP contribution is 2.34. The molecule has 4 nitrogen and oxygen atoms in total. The van der Waals surface area contributed by atoms with Gasteiger partial charge in [0, 0.05) is 13.1 Å². The van der Waals surface area contributed by atoms with Crippen molar-refractivity contribution in [2.45, 2.75) is 38.7 Å². The molecule has 1 fully saturated rings. The molecule has 2 unspecified atom stereocenters. The number of nitrogens with zero attached hydrogens (tertiary/aromatic N) is 1. The summed E-state index contributed by atoms with van der Waals surface area (Å²) < 4.78 is 24.9. The van der Waals surface area contributed by atoms with Crippen LogP contribution in [0.25, 0.3) is 0 Å². The van der Waals surface area contributed by atoms with Crippen LogP contribution < -0.4 is 0 Å². The van der Waals surface area contributed by atoms with Gasteiger partial charge in [-0.2, -0.15) is 0 Å². The summed E-state index contributed by atoms with van der Waals surface area (Å²) in [6, 6.07) is 7.83. The van der Waals surface area contributed by atoms with Crippen molar-refractivity contribution in [3.05, 3.63) is 35.4 Å². The molecule has 118 valence electrons. The van der Waals surface area contributed by atoms with Gasteiger partial charge in [-0.1, -0.05) is 24.3 Å². The van der Waals surface area contributed by atoms with Crippen molar-refractivity contribution in [1.29, 1.82) is 0 Å².